The number of benzene rings is 1. The number of carbonyl (C=O) groups excluding carboxylic acids is 2. The zero-order chi connectivity index (χ0) is 20.2. The van der Waals surface area contributed by atoms with Crippen LogP contribution in [0.2, 0.25) is 0 Å². The lowest BCUT2D eigenvalue weighted by atomic mass is 9.81. The molecule has 29 heavy (non-hydrogen) atoms. The molecule has 2 aromatic rings. The molecule has 2 saturated carbocycles. The van der Waals surface area contributed by atoms with Crippen LogP contribution in [0.5, 0.6) is 0 Å². The fourth-order valence-corrected chi connectivity index (χ4v) is 7.00. The van der Waals surface area contributed by atoms with Gasteiger partial charge in [-0.05, 0) is 78.5 Å². The van der Waals surface area contributed by atoms with Gasteiger partial charge in [-0.2, -0.15) is 11.8 Å². The highest BCUT2D eigenvalue weighted by atomic mass is 32.2. The first-order valence-electron chi connectivity index (χ1n) is 10.6. The second-order valence-corrected chi connectivity index (χ2v) is 10.3. The number of nitrogens with one attached hydrogen (secondary N) is 1. The Bertz CT molecular complexity index is 865. The summed E-state index contributed by atoms with van der Waals surface area (Å²) < 4.78 is 5.77. The predicted octanol–water partition coefficient (Wildman–Crippen LogP) is 5.12. The highest BCUT2D eigenvalue weighted by molar-refractivity contribution is 7.99. The number of thiophene rings is 1. The van der Waals surface area contributed by atoms with Gasteiger partial charge < -0.3 is 10.1 Å². The van der Waals surface area contributed by atoms with E-state index in [0.717, 1.165) is 40.2 Å². The maximum absolute atomic E-state index is 13.1. The standard InChI is InChI=1S/C23H29NO3S2/c1-27-20(25)14-28-11-3-2-6-18-16-8-9-17(13-16)21(18)24-23(26)19-7-4-5-15-10-12-29-22(15)19/h4-5,7,10,12,16-18,21H,2-3,6,8-9,11,13-14H2,1H3,(H,24,26)/t16-,17+,18-,21-/m0/s1. The molecule has 0 spiro atoms. The third kappa shape index (κ3) is 4.64. The molecule has 1 aromatic carbocycles. The zero-order valence-electron chi connectivity index (χ0n) is 16.9. The van der Waals surface area contributed by atoms with Gasteiger partial charge >= 0.3 is 5.97 Å². The van der Waals surface area contributed by atoms with Gasteiger partial charge in [0.1, 0.15) is 0 Å². The number of hydrogen-bond donors (Lipinski definition) is 1. The van der Waals surface area contributed by atoms with E-state index in [9.17, 15) is 9.59 Å². The third-order valence-corrected chi connectivity index (χ3v) is 8.61. The topological polar surface area (TPSA) is 55.4 Å². The van der Waals surface area contributed by atoms with Crippen molar-refractivity contribution in [3.8, 4) is 0 Å². The maximum Gasteiger partial charge on any atom is 0.315 e. The van der Waals surface area contributed by atoms with E-state index in [0.29, 0.717) is 23.6 Å². The summed E-state index contributed by atoms with van der Waals surface area (Å²) in [6.45, 7) is 0. The van der Waals surface area contributed by atoms with Gasteiger partial charge in [-0.1, -0.05) is 18.6 Å². The van der Waals surface area contributed by atoms with Gasteiger partial charge in [-0.15, -0.1) is 11.3 Å². The number of fused-ring (bicyclic) bond motifs is 3. The summed E-state index contributed by atoms with van der Waals surface area (Å²) in [7, 11) is 1.44. The highest BCUT2D eigenvalue weighted by Gasteiger charge is 2.47. The van der Waals surface area contributed by atoms with Gasteiger partial charge in [-0.25, -0.2) is 0 Å². The summed E-state index contributed by atoms with van der Waals surface area (Å²) in [5.41, 5.74) is 0.818. The molecule has 2 bridgehead atoms. The monoisotopic (exact) mass is 431 g/mol. The average Bonchev–Trinajstić information content (AvgIpc) is 3.46. The average molecular weight is 432 g/mol. The van der Waals surface area contributed by atoms with Crippen molar-refractivity contribution < 1.29 is 14.3 Å². The van der Waals surface area contributed by atoms with Crippen LogP contribution in [0.25, 0.3) is 10.1 Å². The van der Waals surface area contributed by atoms with Gasteiger partial charge in [0.15, 0.2) is 0 Å². The van der Waals surface area contributed by atoms with E-state index in [1.54, 1.807) is 23.1 Å². The van der Waals surface area contributed by atoms with Crippen LogP contribution in [-0.4, -0.2) is 36.5 Å². The van der Waals surface area contributed by atoms with E-state index in [1.807, 2.05) is 12.1 Å². The number of amides is 1. The number of esters is 1. The summed E-state index contributed by atoms with van der Waals surface area (Å²) in [5.74, 6) is 3.40. The first-order valence-corrected chi connectivity index (χ1v) is 12.6. The molecular formula is C23H29NO3S2. The quantitative estimate of drug-likeness (QED) is 0.442. The molecule has 1 heterocycles. The molecule has 0 radical (unpaired) electrons. The lowest BCUT2D eigenvalue weighted by Crippen LogP contribution is -2.44. The molecule has 2 aliphatic carbocycles. The normalized spacial score (nSPS) is 25.4. The van der Waals surface area contributed by atoms with Crippen molar-refractivity contribution in [2.75, 3.05) is 18.6 Å². The summed E-state index contributed by atoms with van der Waals surface area (Å²) >= 11 is 3.30. The molecular weight excluding hydrogens is 402 g/mol. The van der Waals surface area contributed by atoms with E-state index < -0.39 is 0 Å². The molecule has 156 valence electrons. The van der Waals surface area contributed by atoms with Crippen LogP contribution in [0.4, 0.5) is 0 Å². The molecule has 2 aliphatic rings. The molecule has 2 fully saturated rings. The van der Waals surface area contributed by atoms with Crippen LogP contribution in [0.3, 0.4) is 0 Å². The summed E-state index contributed by atoms with van der Waals surface area (Å²) in [6, 6.07) is 8.40. The number of hydrogen-bond acceptors (Lipinski definition) is 5. The Balaban J connectivity index is 1.32. The largest absolute Gasteiger partial charge is 0.468 e. The van der Waals surface area contributed by atoms with E-state index in [4.69, 9.17) is 0 Å². The van der Waals surface area contributed by atoms with Crippen molar-refractivity contribution in [1.82, 2.24) is 5.32 Å². The van der Waals surface area contributed by atoms with E-state index in [2.05, 4.69) is 27.6 Å². The molecule has 4 nitrogen and oxygen atoms in total. The van der Waals surface area contributed by atoms with Gasteiger partial charge in [-0.3, -0.25) is 9.59 Å². The number of carbonyl (C=O) groups is 2. The summed E-state index contributed by atoms with van der Waals surface area (Å²) in [4.78, 5) is 24.3. The minimum atomic E-state index is -0.147. The van der Waals surface area contributed by atoms with E-state index in [-0.39, 0.29) is 11.9 Å². The summed E-state index contributed by atoms with van der Waals surface area (Å²) in [6.07, 6.45) is 7.30. The highest BCUT2D eigenvalue weighted by Crippen LogP contribution is 2.50. The zero-order valence-corrected chi connectivity index (χ0v) is 18.5. The van der Waals surface area contributed by atoms with Crippen molar-refractivity contribution in [2.24, 2.45) is 17.8 Å². The lowest BCUT2D eigenvalue weighted by molar-refractivity contribution is -0.137. The van der Waals surface area contributed by atoms with Gasteiger partial charge in [0.05, 0.1) is 18.4 Å². The Labute approximate surface area is 180 Å². The van der Waals surface area contributed by atoms with Crippen molar-refractivity contribution in [3.05, 3.63) is 35.2 Å². The number of unbranched alkanes of at least 4 members (excludes halogenated alkanes) is 1. The van der Waals surface area contributed by atoms with Crippen molar-refractivity contribution in [3.63, 3.8) is 0 Å². The van der Waals surface area contributed by atoms with Crippen LogP contribution < -0.4 is 5.32 Å². The fraction of sp³-hybridized carbons (Fsp3) is 0.565. The van der Waals surface area contributed by atoms with Crippen molar-refractivity contribution in [2.45, 2.75) is 44.6 Å². The van der Waals surface area contributed by atoms with Crippen molar-refractivity contribution in [1.29, 1.82) is 0 Å². The Hall–Kier alpha value is -1.53. The van der Waals surface area contributed by atoms with Crippen LogP contribution in [0.1, 0.15) is 48.9 Å². The Morgan fingerprint density at radius 1 is 1.21 bits per heavy atom. The molecule has 0 aliphatic heterocycles. The van der Waals surface area contributed by atoms with Crippen LogP contribution in [-0.2, 0) is 9.53 Å². The minimum absolute atomic E-state index is 0.0919. The molecule has 1 aromatic heterocycles. The van der Waals surface area contributed by atoms with Crippen LogP contribution in [0.15, 0.2) is 29.6 Å². The first-order chi connectivity index (χ1) is 14.2. The smallest absolute Gasteiger partial charge is 0.315 e. The second kappa shape index (κ2) is 9.52. The first kappa shape index (κ1) is 20.7. The fourth-order valence-electron chi connectivity index (χ4n) is 5.25. The molecule has 4 rings (SSSR count). The molecule has 6 heteroatoms. The van der Waals surface area contributed by atoms with Gasteiger partial charge in [0.2, 0.25) is 0 Å². The molecule has 1 amide bonds. The number of thioether (sulfide) groups is 1. The van der Waals surface area contributed by atoms with Gasteiger partial charge in [0, 0.05) is 10.7 Å². The number of rotatable bonds is 9. The Morgan fingerprint density at radius 3 is 2.93 bits per heavy atom. The predicted molar refractivity (Wildman–Crippen MR) is 121 cm³/mol. The molecule has 1 N–H and O–H groups in total. The third-order valence-electron chi connectivity index (χ3n) is 6.63. The second-order valence-electron chi connectivity index (χ2n) is 8.27. The summed E-state index contributed by atoms with van der Waals surface area (Å²) in [5, 5.41) is 6.64. The number of ether oxygens (including phenoxy) is 1. The minimum Gasteiger partial charge on any atom is -0.468 e. The lowest BCUT2D eigenvalue weighted by Gasteiger charge is -2.32. The van der Waals surface area contributed by atoms with Gasteiger partial charge in [0.25, 0.3) is 5.91 Å². The SMILES string of the molecule is COC(=O)CSCCCC[C@H]1[C@H]2CC[C@H](C2)[C@@H]1NC(=O)c1cccc2ccsc12. The van der Waals surface area contributed by atoms with Crippen LogP contribution in [0, 0.1) is 17.8 Å². The van der Waals surface area contributed by atoms with Crippen molar-refractivity contribution >= 4 is 45.1 Å². The van der Waals surface area contributed by atoms with Crippen LogP contribution >= 0.6 is 23.1 Å². The molecule has 0 unspecified atom stereocenters. The Morgan fingerprint density at radius 2 is 2.07 bits per heavy atom. The van der Waals surface area contributed by atoms with E-state index in [1.165, 1.54) is 32.8 Å². The Kier molecular flexibility index (Phi) is 6.81. The maximum atomic E-state index is 13.1. The molecule has 0 saturated heterocycles. The number of methoxy groups -OCH3 is 1. The molecule has 4 atom stereocenters. The van der Waals surface area contributed by atoms with E-state index >= 15 is 0 Å².